The van der Waals surface area contributed by atoms with Gasteiger partial charge in [0.25, 0.3) is 0 Å². The van der Waals surface area contributed by atoms with Gasteiger partial charge in [0.2, 0.25) is 5.91 Å². The van der Waals surface area contributed by atoms with Crippen molar-refractivity contribution in [2.45, 2.75) is 25.9 Å². The van der Waals surface area contributed by atoms with E-state index in [1.807, 2.05) is 31.2 Å². The maximum atomic E-state index is 11.6. The average Bonchev–Trinajstić information content (AvgIpc) is 2.97. The summed E-state index contributed by atoms with van der Waals surface area (Å²) in [6, 6.07) is 7.87. The Morgan fingerprint density at radius 2 is 2.38 bits per heavy atom. The number of amides is 1. The van der Waals surface area contributed by atoms with Gasteiger partial charge in [-0.15, -0.1) is 0 Å². The van der Waals surface area contributed by atoms with Crippen LogP contribution in [-0.2, 0) is 9.53 Å². The van der Waals surface area contributed by atoms with Gasteiger partial charge in [0.05, 0.1) is 19.2 Å². The number of rotatable bonds is 8. The summed E-state index contributed by atoms with van der Waals surface area (Å²) < 4.78 is 11.0. The molecule has 1 aliphatic rings. The first-order valence-corrected chi connectivity index (χ1v) is 7.52. The molecule has 1 aromatic carbocycles. The zero-order chi connectivity index (χ0) is 14.9. The van der Waals surface area contributed by atoms with Crippen molar-refractivity contribution in [3.8, 4) is 5.75 Å². The summed E-state index contributed by atoms with van der Waals surface area (Å²) in [4.78, 5) is 11.6. The fraction of sp³-hybridized carbons (Fsp3) is 0.562. The molecule has 1 aromatic rings. The molecule has 0 bridgehead atoms. The molecule has 5 heteroatoms. The third kappa shape index (κ3) is 6.14. The van der Waals surface area contributed by atoms with E-state index < -0.39 is 0 Å². The summed E-state index contributed by atoms with van der Waals surface area (Å²) in [6.07, 6.45) is 2.47. The molecule has 21 heavy (non-hydrogen) atoms. The smallest absolute Gasteiger partial charge is 0.234 e. The van der Waals surface area contributed by atoms with E-state index in [9.17, 15) is 4.79 Å². The lowest BCUT2D eigenvalue weighted by Gasteiger charge is -2.11. The molecule has 1 saturated heterocycles. The van der Waals surface area contributed by atoms with Gasteiger partial charge in [-0.05, 0) is 37.5 Å². The van der Waals surface area contributed by atoms with Crippen LogP contribution in [0.2, 0.25) is 0 Å². The van der Waals surface area contributed by atoms with E-state index in [4.69, 9.17) is 9.47 Å². The Bertz CT molecular complexity index is 445. The van der Waals surface area contributed by atoms with Crippen molar-refractivity contribution in [2.24, 2.45) is 0 Å². The first-order chi connectivity index (χ1) is 10.2. The molecule has 1 heterocycles. The van der Waals surface area contributed by atoms with Crippen LogP contribution in [0, 0.1) is 6.92 Å². The predicted octanol–water partition coefficient (Wildman–Crippen LogP) is 1.26. The highest BCUT2D eigenvalue weighted by atomic mass is 16.5. The van der Waals surface area contributed by atoms with Crippen molar-refractivity contribution in [3.05, 3.63) is 29.8 Å². The quantitative estimate of drug-likeness (QED) is 0.708. The molecule has 0 aromatic heterocycles. The van der Waals surface area contributed by atoms with Crippen LogP contribution < -0.4 is 15.4 Å². The van der Waals surface area contributed by atoms with E-state index in [1.165, 1.54) is 0 Å². The van der Waals surface area contributed by atoms with E-state index in [0.29, 0.717) is 19.7 Å². The number of carbonyl (C=O) groups is 1. The molecule has 116 valence electrons. The fourth-order valence-corrected chi connectivity index (χ4v) is 2.28. The van der Waals surface area contributed by atoms with Crippen LogP contribution in [0.5, 0.6) is 5.75 Å². The van der Waals surface area contributed by atoms with Gasteiger partial charge in [-0.25, -0.2) is 0 Å². The maximum Gasteiger partial charge on any atom is 0.234 e. The molecular formula is C16H24N2O3. The third-order valence-corrected chi connectivity index (χ3v) is 3.36. The molecule has 5 nitrogen and oxygen atoms in total. The first-order valence-electron chi connectivity index (χ1n) is 7.52. The summed E-state index contributed by atoms with van der Waals surface area (Å²) in [5, 5.41) is 5.94. The Balaban J connectivity index is 1.50. The van der Waals surface area contributed by atoms with E-state index in [2.05, 4.69) is 10.6 Å². The molecule has 0 spiro atoms. The van der Waals surface area contributed by atoms with Gasteiger partial charge in [0.15, 0.2) is 0 Å². The normalized spacial score (nSPS) is 17.7. The summed E-state index contributed by atoms with van der Waals surface area (Å²) in [5.41, 5.74) is 1.16. The van der Waals surface area contributed by atoms with Crippen molar-refractivity contribution >= 4 is 5.91 Å². The number of nitrogens with one attached hydrogen (secondary N) is 2. The van der Waals surface area contributed by atoms with Crippen molar-refractivity contribution in [1.29, 1.82) is 0 Å². The minimum atomic E-state index is -0.0131. The number of aryl methyl sites for hydroxylation is 1. The van der Waals surface area contributed by atoms with Crippen LogP contribution in [0.25, 0.3) is 0 Å². The number of benzene rings is 1. The van der Waals surface area contributed by atoms with Crippen molar-refractivity contribution < 1.29 is 14.3 Å². The van der Waals surface area contributed by atoms with Gasteiger partial charge in [-0.2, -0.15) is 0 Å². The third-order valence-electron chi connectivity index (χ3n) is 3.36. The topological polar surface area (TPSA) is 59.6 Å². The Morgan fingerprint density at radius 3 is 3.14 bits per heavy atom. The largest absolute Gasteiger partial charge is 0.492 e. The minimum Gasteiger partial charge on any atom is -0.492 e. The number of hydrogen-bond donors (Lipinski definition) is 2. The lowest BCUT2D eigenvalue weighted by molar-refractivity contribution is -0.120. The Labute approximate surface area is 126 Å². The Morgan fingerprint density at radius 1 is 1.48 bits per heavy atom. The summed E-state index contributed by atoms with van der Waals surface area (Å²) >= 11 is 0. The molecule has 0 aliphatic carbocycles. The fourth-order valence-electron chi connectivity index (χ4n) is 2.28. The molecule has 0 saturated carbocycles. The van der Waals surface area contributed by atoms with Crippen molar-refractivity contribution in [2.75, 3.05) is 32.8 Å². The number of hydrogen-bond acceptors (Lipinski definition) is 4. The van der Waals surface area contributed by atoms with Crippen LogP contribution in [0.15, 0.2) is 24.3 Å². The lowest BCUT2D eigenvalue weighted by Crippen LogP contribution is -2.38. The van der Waals surface area contributed by atoms with Gasteiger partial charge >= 0.3 is 0 Å². The molecule has 1 unspecified atom stereocenters. The van der Waals surface area contributed by atoms with Gasteiger partial charge in [-0.1, -0.05) is 12.1 Å². The van der Waals surface area contributed by atoms with Gasteiger partial charge in [-0.3, -0.25) is 4.79 Å². The van der Waals surface area contributed by atoms with Gasteiger partial charge < -0.3 is 20.1 Å². The maximum absolute atomic E-state index is 11.6. The summed E-state index contributed by atoms with van der Waals surface area (Å²) in [7, 11) is 0. The van der Waals surface area contributed by atoms with Crippen LogP contribution >= 0.6 is 0 Å². The zero-order valence-electron chi connectivity index (χ0n) is 12.6. The SMILES string of the molecule is Cc1cccc(OCCNC(=O)CNCC2CCCO2)c1. The highest BCUT2D eigenvalue weighted by Gasteiger charge is 2.14. The highest BCUT2D eigenvalue weighted by molar-refractivity contribution is 5.77. The second-order valence-electron chi connectivity index (χ2n) is 5.28. The standard InChI is InChI=1S/C16H24N2O3/c1-13-4-2-5-14(10-13)21-9-7-18-16(19)12-17-11-15-6-3-8-20-15/h2,4-5,10,15,17H,3,6-9,11-12H2,1H3,(H,18,19). The first kappa shape index (κ1) is 15.8. The molecule has 1 fully saturated rings. The van der Waals surface area contributed by atoms with E-state index >= 15 is 0 Å². The van der Waals surface area contributed by atoms with Crippen molar-refractivity contribution in [1.82, 2.24) is 10.6 Å². The van der Waals surface area contributed by atoms with E-state index in [-0.39, 0.29) is 12.0 Å². The molecule has 1 atom stereocenters. The molecule has 0 radical (unpaired) electrons. The molecule has 1 amide bonds. The van der Waals surface area contributed by atoms with Gasteiger partial charge in [0.1, 0.15) is 12.4 Å². The van der Waals surface area contributed by atoms with Crippen LogP contribution in [0.3, 0.4) is 0 Å². The second kappa shape index (κ2) is 8.64. The molecule has 2 N–H and O–H groups in total. The average molecular weight is 292 g/mol. The Kier molecular flexibility index (Phi) is 6.50. The highest BCUT2D eigenvalue weighted by Crippen LogP contribution is 2.11. The predicted molar refractivity (Wildman–Crippen MR) is 81.5 cm³/mol. The Hall–Kier alpha value is -1.59. The van der Waals surface area contributed by atoms with E-state index in [1.54, 1.807) is 0 Å². The molecular weight excluding hydrogens is 268 g/mol. The second-order valence-corrected chi connectivity index (χ2v) is 5.28. The van der Waals surface area contributed by atoms with Crippen LogP contribution in [0.1, 0.15) is 18.4 Å². The zero-order valence-corrected chi connectivity index (χ0v) is 12.6. The molecule has 2 rings (SSSR count). The lowest BCUT2D eigenvalue weighted by atomic mass is 10.2. The van der Waals surface area contributed by atoms with Crippen LogP contribution in [-0.4, -0.2) is 44.9 Å². The van der Waals surface area contributed by atoms with Crippen LogP contribution in [0.4, 0.5) is 0 Å². The monoisotopic (exact) mass is 292 g/mol. The minimum absolute atomic E-state index is 0.0131. The van der Waals surface area contributed by atoms with E-state index in [0.717, 1.165) is 37.3 Å². The number of carbonyl (C=O) groups excluding carboxylic acids is 1. The number of ether oxygens (including phenoxy) is 2. The summed E-state index contributed by atoms with van der Waals surface area (Å²) in [5.74, 6) is 0.821. The summed E-state index contributed by atoms with van der Waals surface area (Å²) in [6.45, 7) is 4.91. The molecule has 1 aliphatic heterocycles. The van der Waals surface area contributed by atoms with Crippen molar-refractivity contribution in [3.63, 3.8) is 0 Å². The van der Waals surface area contributed by atoms with Gasteiger partial charge in [0, 0.05) is 13.2 Å².